The molecule has 0 bridgehead atoms. The largest absolute Gasteiger partial charge is 0.384 e. The lowest BCUT2D eigenvalue weighted by Gasteiger charge is -2.06. The number of aryl methyl sites for hydroxylation is 1. The molecule has 78 valence electrons. The summed E-state index contributed by atoms with van der Waals surface area (Å²) in [6.07, 6.45) is 0. The molecular weight excluding hydrogens is 180 g/mol. The zero-order valence-corrected chi connectivity index (χ0v) is 8.58. The van der Waals surface area contributed by atoms with Crippen molar-refractivity contribution in [3.63, 3.8) is 0 Å². The minimum Gasteiger partial charge on any atom is -0.384 e. The van der Waals surface area contributed by atoms with E-state index in [1.807, 2.05) is 13.8 Å². The fraction of sp³-hybridized carbons (Fsp3) is 0.556. The molecule has 1 heterocycles. The Morgan fingerprint density at radius 1 is 1.50 bits per heavy atom. The number of anilines is 2. The molecule has 0 aliphatic heterocycles. The summed E-state index contributed by atoms with van der Waals surface area (Å²) >= 11 is 0. The molecule has 0 saturated carbocycles. The Kier molecular flexibility index (Phi) is 4.12. The van der Waals surface area contributed by atoms with Crippen LogP contribution in [0.25, 0.3) is 0 Å². The number of nitrogens with zero attached hydrogens (tertiary/aromatic N) is 2. The fourth-order valence-corrected chi connectivity index (χ4v) is 1.08. The highest BCUT2D eigenvalue weighted by Gasteiger charge is 1.97. The van der Waals surface area contributed by atoms with Crippen molar-refractivity contribution in [3.05, 3.63) is 11.9 Å². The summed E-state index contributed by atoms with van der Waals surface area (Å²) in [5.41, 5.74) is 5.57. The Hall–Kier alpha value is -1.36. The number of rotatable bonds is 5. The van der Waals surface area contributed by atoms with Crippen LogP contribution in [0, 0.1) is 6.92 Å². The molecule has 1 aromatic heterocycles. The second kappa shape index (κ2) is 5.39. The van der Waals surface area contributed by atoms with Crippen LogP contribution < -0.4 is 11.1 Å². The third-order valence-corrected chi connectivity index (χ3v) is 1.61. The fourth-order valence-electron chi connectivity index (χ4n) is 1.08. The van der Waals surface area contributed by atoms with Crippen LogP contribution in [0.1, 0.15) is 12.7 Å². The lowest BCUT2D eigenvalue weighted by molar-refractivity contribution is 0.158. The number of ether oxygens (including phenoxy) is 1. The second-order valence-electron chi connectivity index (χ2n) is 2.85. The molecule has 1 aromatic rings. The molecule has 0 atom stereocenters. The van der Waals surface area contributed by atoms with Crippen molar-refractivity contribution >= 4 is 11.6 Å². The lowest BCUT2D eigenvalue weighted by atomic mass is 10.5. The number of aromatic nitrogens is 2. The van der Waals surface area contributed by atoms with Crippen molar-refractivity contribution in [3.8, 4) is 0 Å². The van der Waals surface area contributed by atoms with Gasteiger partial charge in [0.05, 0.1) is 6.61 Å². The Morgan fingerprint density at radius 3 is 2.93 bits per heavy atom. The number of hydrogen-bond donors (Lipinski definition) is 2. The minimum atomic E-state index is 0.483. The number of nitrogens with one attached hydrogen (secondary N) is 1. The highest BCUT2D eigenvalue weighted by atomic mass is 16.5. The van der Waals surface area contributed by atoms with Gasteiger partial charge in [-0.1, -0.05) is 0 Å². The van der Waals surface area contributed by atoms with Gasteiger partial charge in [-0.2, -0.15) is 0 Å². The summed E-state index contributed by atoms with van der Waals surface area (Å²) in [6.45, 7) is 5.90. The average molecular weight is 196 g/mol. The summed E-state index contributed by atoms with van der Waals surface area (Å²) in [5, 5.41) is 3.10. The second-order valence-corrected chi connectivity index (χ2v) is 2.85. The van der Waals surface area contributed by atoms with E-state index in [9.17, 15) is 0 Å². The van der Waals surface area contributed by atoms with Crippen molar-refractivity contribution in [1.82, 2.24) is 9.97 Å². The molecule has 5 nitrogen and oxygen atoms in total. The lowest BCUT2D eigenvalue weighted by Crippen LogP contribution is -2.11. The van der Waals surface area contributed by atoms with Gasteiger partial charge in [-0.3, -0.25) is 0 Å². The Balaban J connectivity index is 2.42. The predicted molar refractivity (Wildman–Crippen MR) is 56.2 cm³/mol. The first-order valence-electron chi connectivity index (χ1n) is 4.65. The molecule has 0 fully saturated rings. The van der Waals surface area contributed by atoms with E-state index >= 15 is 0 Å². The van der Waals surface area contributed by atoms with Gasteiger partial charge in [0.2, 0.25) is 0 Å². The van der Waals surface area contributed by atoms with Crippen molar-refractivity contribution in [2.24, 2.45) is 0 Å². The van der Waals surface area contributed by atoms with Crippen LogP contribution in [0.3, 0.4) is 0 Å². The van der Waals surface area contributed by atoms with E-state index in [0.717, 1.165) is 19.0 Å². The molecule has 0 radical (unpaired) electrons. The summed E-state index contributed by atoms with van der Waals surface area (Å²) < 4.78 is 5.18. The van der Waals surface area contributed by atoms with Gasteiger partial charge in [0.1, 0.15) is 17.5 Å². The zero-order chi connectivity index (χ0) is 10.4. The number of hydrogen-bond acceptors (Lipinski definition) is 5. The first kappa shape index (κ1) is 10.7. The Labute approximate surface area is 83.7 Å². The zero-order valence-electron chi connectivity index (χ0n) is 8.58. The standard InChI is InChI=1S/C9H16N4O/c1-3-14-5-4-11-9-6-8(10)12-7(2)13-9/h6H,3-5H2,1-2H3,(H3,10,11,12,13). The SMILES string of the molecule is CCOCCNc1cc(N)nc(C)n1. The van der Waals surface area contributed by atoms with Gasteiger partial charge in [0.25, 0.3) is 0 Å². The topological polar surface area (TPSA) is 73.1 Å². The van der Waals surface area contributed by atoms with E-state index in [1.54, 1.807) is 6.07 Å². The monoisotopic (exact) mass is 196 g/mol. The van der Waals surface area contributed by atoms with Crippen molar-refractivity contribution in [2.45, 2.75) is 13.8 Å². The maximum Gasteiger partial charge on any atom is 0.131 e. The van der Waals surface area contributed by atoms with Gasteiger partial charge in [-0.05, 0) is 13.8 Å². The van der Waals surface area contributed by atoms with Crippen molar-refractivity contribution in [2.75, 3.05) is 30.8 Å². The highest BCUT2D eigenvalue weighted by Crippen LogP contribution is 2.06. The van der Waals surface area contributed by atoms with Gasteiger partial charge in [-0.25, -0.2) is 9.97 Å². The van der Waals surface area contributed by atoms with Gasteiger partial charge in [-0.15, -0.1) is 0 Å². The molecule has 0 amide bonds. The smallest absolute Gasteiger partial charge is 0.131 e. The quantitative estimate of drug-likeness (QED) is 0.682. The molecule has 0 unspecified atom stereocenters. The van der Waals surface area contributed by atoms with Crippen LogP contribution in [0.4, 0.5) is 11.6 Å². The van der Waals surface area contributed by atoms with E-state index < -0.39 is 0 Å². The third-order valence-electron chi connectivity index (χ3n) is 1.61. The van der Waals surface area contributed by atoms with E-state index in [4.69, 9.17) is 10.5 Å². The van der Waals surface area contributed by atoms with E-state index in [-0.39, 0.29) is 0 Å². The van der Waals surface area contributed by atoms with Crippen LogP contribution in [0.2, 0.25) is 0 Å². The molecule has 0 aliphatic rings. The molecule has 0 aliphatic carbocycles. The summed E-state index contributed by atoms with van der Waals surface area (Å²) in [6, 6.07) is 1.71. The van der Waals surface area contributed by atoms with Crippen LogP contribution in [-0.2, 0) is 4.74 Å². The molecule has 5 heteroatoms. The third kappa shape index (κ3) is 3.57. The van der Waals surface area contributed by atoms with Crippen LogP contribution in [0.5, 0.6) is 0 Å². The van der Waals surface area contributed by atoms with Crippen LogP contribution in [-0.4, -0.2) is 29.7 Å². The van der Waals surface area contributed by atoms with Gasteiger partial charge >= 0.3 is 0 Å². The van der Waals surface area contributed by atoms with Crippen molar-refractivity contribution < 1.29 is 4.74 Å². The number of nitrogens with two attached hydrogens (primary N) is 1. The van der Waals surface area contributed by atoms with Gasteiger partial charge in [0, 0.05) is 19.2 Å². The van der Waals surface area contributed by atoms with E-state index in [2.05, 4.69) is 15.3 Å². The van der Waals surface area contributed by atoms with Crippen molar-refractivity contribution in [1.29, 1.82) is 0 Å². The molecule has 3 N–H and O–H groups in total. The van der Waals surface area contributed by atoms with Gasteiger partial charge in [0.15, 0.2) is 0 Å². The molecule has 0 spiro atoms. The molecule has 1 rings (SSSR count). The average Bonchev–Trinajstić information content (AvgIpc) is 2.11. The Morgan fingerprint density at radius 2 is 2.29 bits per heavy atom. The Bertz CT molecular complexity index is 270. The molecule has 14 heavy (non-hydrogen) atoms. The molecule has 0 aromatic carbocycles. The highest BCUT2D eigenvalue weighted by molar-refractivity contribution is 5.44. The maximum absolute atomic E-state index is 5.57. The van der Waals surface area contributed by atoms with Gasteiger partial charge < -0.3 is 15.8 Å². The van der Waals surface area contributed by atoms with Crippen LogP contribution in [0.15, 0.2) is 6.07 Å². The summed E-state index contributed by atoms with van der Waals surface area (Å²) in [5.74, 6) is 1.90. The molecule has 0 saturated heterocycles. The maximum atomic E-state index is 5.57. The minimum absolute atomic E-state index is 0.483. The predicted octanol–water partition coefficient (Wildman–Crippen LogP) is 0.816. The normalized spacial score (nSPS) is 10.1. The molecular formula is C9H16N4O. The van der Waals surface area contributed by atoms with Crippen LogP contribution >= 0.6 is 0 Å². The first-order valence-corrected chi connectivity index (χ1v) is 4.65. The first-order chi connectivity index (χ1) is 6.72. The summed E-state index contributed by atoms with van der Waals surface area (Å²) in [4.78, 5) is 8.15. The van der Waals surface area contributed by atoms with E-state index in [1.165, 1.54) is 0 Å². The number of nitrogen functional groups attached to an aromatic ring is 1. The van der Waals surface area contributed by atoms with E-state index in [0.29, 0.717) is 18.2 Å². The summed E-state index contributed by atoms with van der Waals surface area (Å²) in [7, 11) is 0.